The zero-order chi connectivity index (χ0) is 14.4. The highest BCUT2D eigenvalue weighted by atomic mass is 32.1. The third-order valence-corrected chi connectivity index (χ3v) is 4.99. The summed E-state index contributed by atoms with van der Waals surface area (Å²) in [7, 11) is 0. The first-order chi connectivity index (χ1) is 9.46. The van der Waals surface area contributed by atoms with Crippen molar-refractivity contribution in [2.75, 3.05) is 13.1 Å². The third-order valence-electron chi connectivity index (χ3n) is 3.85. The Labute approximate surface area is 117 Å². The highest BCUT2D eigenvalue weighted by Gasteiger charge is 2.41. The van der Waals surface area contributed by atoms with Crippen LogP contribution >= 0.6 is 11.3 Å². The van der Waals surface area contributed by atoms with Crippen LogP contribution in [-0.2, 0) is 11.6 Å². The molecule has 0 aromatic carbocycles. The number of piperidine rings is 1. The van der Waals surface area contributed by atoms with E-state index in [2.05, 4.69) is 20.6 Å². The molecule has 3 heterocycles. The third kappa shape index (κ3) is 2.08. The number of hydrogen-bond donors (Lipinski definition) is 1. The van der Waals surface area contributed by atoms with E-state index in [1.165, 1.54) is 11.3 Å². The highest BCUT2D eigenvalue weighted by molar-refractivity contribution is 7.16. The maximum absolute atomic E-state index is 12.8. The molecule has 1 saturated heterocycles. The first-order valence-electron chi connectivity index (χ1n) is 6.47. The van der Waals surface area contributed by atoms with Crippen LogP contribution in [0, 0.1) is 0 Å². The molecule has 1 aliphatic heterocycles. The summed E-state index contributed by atoms with van der Waals surface area (Å²) in [6.45, 7) is 3.73. The zero-order valence-corrected chi connectivity index (χ0v) is 11.7. The lowest BCUT2D eigenvalue weighted by Crippen LogP contribution is -2.43. The number of rotatable bonds is 2. The summed E-state index contributed by atoms with van der Waals surface area (Å²) in [6.07, 6.45) is -1.76. The number of nitrogens with one attached hydrogen (secondary N) is 1. The van der Waals surface area contributed by atoms with E-state index >= 15 is 0 Å². The molecule has 1 atom stereocenters. The van der Waals surface area contributed by atoms with Crippen LogP contribution in [0.1, 0.15) is 37.0 Å². The van der Waals surface area contributed by atoms with Crippen LogP contribution in [0.5, 0.6) is 0 Å². The number of halogens is 3. The molecule has 110 valence electrons. The molecule has 9 heteroatoms. The molecule has 0 spiro atoms. The molecular formula is C11H14F3N5S. The average Bonchev–Trinajstić information content (AvgIpc) is 2.98. The Hall–Kier alpha value is -1.22. The van der Waals surface area contributed by atoms with Crippen molar-refractivity contribution in [3.8, 4) is 0 Å². The highest BCUT2D eigenvalue weighted by Crippen LogP contribution is 2.38. The molecule has 0 saturated carbocycles. The first-order valence-corrected chi connectivity index (χ1v) is 7.28. The van der Waals surface area contributed by atoms with Crippen molar-refractivity contribution in [3.05, 3.63) is 10.8 Å². The second-order valence-electron chi connectivity index (χ2n) is 5.04. The fourth-order valence-electron chi connectivity index (χ4n) is 2.61. The monoisotopic (exact) mass is 305 g/mol. The van der Waals surface area contributed by atoms with Crippen LogP contribution in [0.4, 0.5) is 13.2 Å². The molecule has 2 aromatic heterocycles. The van der Waals surface area contributed by atoms with Gasteiger partial charge < -0.3 is 5.32 Å². The van der Waals surface area contributed by atoms with Crippen molar-refractivity contribution >= 4 is 16.3 Å². The second-order valence-corrected chi connectivity index (χ2v) is 5.99. The van der Waals surface area contributed by atoms with Gasteiger partial charge in [-0.2, -0.15) is 22.8 Å². The summed E-state index contributed by atoms with van der Waals surface area (Å²) in [5.74, 6) is -1.05. The fourth-order valence-corrected chi connectivity index (χ4v) is 3.74. The minimum Gasteiger partial charge on any atom is -0.316 e. The van der Waals surface area contributed by atoms with Crippen molar-refractivity contribution in [2.45, 2.75) is 37.8 Å². The topological polar surface area (TPSA) is 55.1 Å². The summed E-state index contributed by atoms with van der Waals surface area (Å²) in [6, 6.07) is 0. The van der Waals surface area contributed by atoms with Gasteiger partial charge in [-0.05, 0) is 25.8 Å². The minimum atomic E-state index is -4.53. The summed E-state index contributed by atoms with van der Waals surface area (Å²) in [5, 5.41) is 14.9. The largest absolute Gasteiger partial charge is 0.453 e. The second kappa shape index (κ2) is 4.66. The Morgan fingerprint density at radius 2 is 2.20 bits per heavy atom. The predicted molar refractivity (Wildman–Crippen MR) is 67.7 cm³/mol. The van der Waals surface area contributed by atoms with Crippen LogP contribution in [-0.4, -0.2) is 32.9 Å². The van der Waals surface area contributed by atoms with Gasteiger partial charge in [0, 0.05) is 12.0 Å². The lowest BCUT2D eigenvalue weighted by Gasteiger charge is -2.34. The molecule has 0 radical (unpaired) electrons. The maximum Gasteiger partial charge on any atom is 0.453 e. The molecule has 1 unspecified atom stereocenters. The van der Waals surface area contributed by atoms with Crippen LogP contribution in [0.25, 0.3) is 4.96 Å². The van der Waals surface area contributed by atoms with E-state index in [0.29, 0.717) is 5.01 Å². The van der Waals surface area contributed by atoms with Crippen LogP contribution in [0.3, 0.4) is 0 Å². The first kappa shape index (κ1) is 13.7. The van der Waals surface area contributed by atoms with Gasteiger partial charge in [0.2, 0.25) is 4.96 Å². The number of hydrogen-bond acceptors (Lipinski definition) is 5. The quantitative estimate of drug-likeness (QED) is 0.924. The van der Waals surface area contributed by atoms with Crippen LogP contribution < -0.4 is 5.32 Å². The van der Waals surface area contributed by atoms with Crippen molar-refractivity contribution in [1.82, 2.24) is 25.1 Å². The van der Waals surface area contributed by atoms with Gasteiger partial charge in [0.1, 0.15) is 5.01 Å². The van der Waals surface area contributed by atoms with Gasteiger partial charge in [-0.15, -0.1) is 10.2 Å². The van der Waals surface area contributed by atoms with Crippen molar-refractivity contribution in [3.63, 3.8) is 0 Å². The molecule has 20 heavy (non-hydrogen) atoms. The van der Waals surface area contributed by atoms with Gasteiger partial charge in [0.15, 0.2) is 0 Å². The summed E-state index contributed by atoms with van der Waals surface area (Å²) in [5.41, 5.74) is -0.188. The molecular weight excluding hydrogens is 291 g/mol. The molecule has 0 bridgehead atoms. The number of aromatic nitrogens is 4. The zero-order valence-electron chi connectivity index (χ0n) is 10.9. The Balaban J connectivity index is 2.06. The standard InChI is InChI=1S/C11H14F3N5S/c1-2-10(4-3-5-15-6-10)8-18-19-7(11(12,13)14)16-17-9(19)20-8/h15H,2-6H2,1H3. The van der Waals surface area contributed by atoms with Crippen molar-refractivity contribution in [1.29, 1.82) is 0 Å². The molecule has 1 fully saturated rings. The van der Waals surface area contributed by atoms with E-state index in [1.54, 1.807) is 0 Å². The lowest BCUT2D eigenvalue weighted by molar-refractivity contribution is -0.146. The van der Waals surface area contributed by atoms with E-state index in [0.717, 1.165) is 36.9 Å². The van der Waals surface area contributed by atoms with E-state index in [9.17, 15) is 13.2 Å². The Kier molecular flexibility index (Phi) is 3.20. The lowest BCUT2D eigenvalue weighted by atomic mass is 9.79. The van der Waals surface area contributed by atoms with E-state index in [-0.39, 0.29) is 10.4 Å². The van der Waals surface area contributed by atoms with Gasteiger partial charge in [0.25, 0.3) is 5.82 Å². The molecule has 0 amide bonds. The van der Waals surface area contributed by atoms with Gasteiger partial charge in [-0.3, -0.25) is 0 Å². The number of nitrogens with zero attached hydrogens (tertiary/aromatic N) is 4. The van der Waals surface area contributed by atoms with E-state index < -0.39 is 12.0 Å². The molecule has 1 N–H and O–H groups in total. The van der Waals surface area contributed by atoms with Gasteiger partial charge in [0.05, 0.1) is 0 Å². The van der Waals surface area contributed by atoms with Gasteiger partial charge >= 0.3 is 6.18 Å². The van der Waals surface area contributed by atoms with Gasteiger partial charge in [-0.25, -0.2) is 0 Å². The SMILES string of the molecule is CCC1(c2nn3c(C(F)(F)F)nnc3s2)CCCNC1. The molecule has 0 aliphatic carbocycles. The van der Waals surface area contributed by atoms with E-state index in [4.69, 9.17) is 0 Å². The van der Waals surface area contributed by atoms with Gasteiger partial charge in [-0.1, -0.05) is 18.3 Å². The van der Waals surface area contributed by atoms with Crippen molar-refractivity contribution in [2.24, 2.45) is 0 Å². The Morgan fingerprint density at radius 1 is 1.40 bits per heavy atom. The average molecular weight is 305 g/mol. The Morgan fingerprint density at radius 3 is 2.80 bits per heavy atom. The molecule has 5 nitrogen and oxygen atoms in total. The van der Waals surface area contributed by atoms with Crippen molar-refractivity contribution < 1.29 is 13.2 Å². The summed E-state index contributed by atoms with van der Waals surface area (Å²) >= 11 is 1.20. The number of alkyl halides is 3. The van der Waals surface area contributed by atoms with E-state index in [1.807, 2.05) is 6.92 Å². The summed E-state index contributed by atoms with van der Waals surface area (Å²) < 4.78 is 39.3. The fraction of sp³-hybridized carbons (Fsp3) is 0.727. The predicted octanol–water partition coefficient (Wildman–Crippen LogP) is 2.24. The molecule has 1 aliphatic rings. The van der Waals surface area contributed by atoms with Crippen LogP contribution in [0.15, 0.2) is 0 Å². The normalized spacial score (nSPS) is 24.4. The minimum absolute atomic E-state index is 0.188. The molecule has 3 rings (SSSR count). The number of fused-ring (bicyclic) bond motifs is 1. The van der Waals surface area contributed by atoms with Crippen LogP contribution in [0.2, 0.25) is 0 Å². The Bertz CT molecular complexity index is 611. The maximum atomic E-state index is 12.8. The summed E-state index contributed by atoms with van der Waals surface area (Å²) in [4.78, 5) is 0.200. The smallest absolute Gasteiger partial charge is 0.316 e. The molecule has 2 aromatic rings.